The van der Waals surface area contributed by atoms with Gasteiger partial charge in [-0.05, 0) is 44.4 Å². The Morgan fingerprint density at radius 3 is 2.40 bits per heavy atom. The minimum atomic E-state index is -0.152. The lowest BCUT2D eigenvalue weighted by atomic mass is 9.99. The zero-order chi connectivity index (χ0) is 13.9. The van der Waals surface area contributed by atoms with E-state index in [0.29, 0.717) is 22.9 Å². The Kier molecular flexibility index (Phi) is 2.73. The average Bonchev–Trinajstić information content (AvgIpc) is 3.15. The third-order valence-electron chi connectivity index (χ3n) is 4.99. The predicted octanol–water partition coefficient (Wildman–Crippen LogP) is 2.57. The lowest BCUT2D eigenvalue weighted by molar-refractivity contribution is 0.126. The van der Waals surface area contributed by atoms with Crippen molar-refractivity contribution in [2.45, 2.75) is 62.6 Å². The summed E-state index contributed by atoms with van der Waals surface area (Å²) in [6.07, 6.45) is 6.29. The van der Waals surface area contributed by atoms with Crippen LogP contribution >= 0.6 is 11.3 Å². The van der Waals surface area contributed by atoms with Crippen molar-refractivity contribution in [1.29, 1.82) is 5.26 Å². The van der Waals surface area contributed by atoms with Crippen LogP contribution in [0, 0.1) is 11.3 Å². The van der Waals surface area contributed by atoms with Crippen LogP contribution in [-0.4, -0.2) is 23.3 Å². The van der Waals surface area contributed by atoms with Crippen LogP contribution in [0.25, 0.3) is 0 Å². The number of nitrogens with zero attached hydrogens (tertiary/aromatic N) is 2. The molecule has 0 amide bonds. The van der Waals surface area contributed by atoms with Crippen molar-refractivity contribution >= 4 is 22.0 Å². The maximum absolute atomic E-state index is 9.95. The molecule has 3 N–H and O–H groups in total. The summed E-state index contributed by atoms with van der Waals surface area (Å²) < 4.78 is 0. The minimum Gasteiger partial charge on any atom is -0.397 e. The second-order valence-corrected chi connectivity index (χ2v) is 7.37. The molecule has 4 nitrogen and oxygen atoms in total. The highest BCUT2D eigenvalue weighted by Crippen LogP contribution is 2.54. The molecule has 2 saturated heterocycles. The number of rotatable bonds is 2. The van der Waals surface area contributed by atoms with Crippen LogP contribution in [0.15, 0.2) is 0 Å². The maximum atomic E-state index is 9.95. The van der Waals surface area contributed by atoms with Crippen LogP contribution in [-0.2, 0) is 0 Å². The van der Waals surface area contributed by atoms with Crippen molar-refractivity contribution in [3.63, 3.8) is 0 Å². The number of hydrogen-bond acceptors (Lipinski definition) is 5. The fourth-order valence-corrected chi connectivity index (χ4v) is 5.21. The molecule has 5 heteroatoms. The molecule has 2 unspecified atom stereocenters. The highest BCUT2D eigenvalue weighted by atomic mass is 32.1. The molecular formula is C15H19N3OS. The topological polar surface area (TPSA) is 73.3 Å². The standard InChI is InChI=1S/C15H19N3OS/c16-7-12-14(17)13(8-1-2-8)15(20-12)18-9-3-4-10(18)6-11(19)5-9/h8-11,19H,1-6,17H2. The van der Waals surface area contributed by atoms with Gasteiger partial charge in [0, 0.05) is 17.6 Å². The largest absolute Gasteiger partial charge is 0.397 e. The van der Waals surface area contributed by atoms with Crippen molar-refractivity contribution in [1.82, 2.24) is 0 Å². The molecular weight excluding hydrogens is 270 g/mol. The van der Waals surface area contributed by atoms with Crippen LogP contribution in [0.4, 0.5) is 10.7 Å². The molecule has 0 spiro atoms. The van der Waals surface area contributed by atoms with Crippen molar-refractivity contribution in [2.24, 2.45) is 0 Å². The molecule has 2 bridgehead atoms. The average molecular weight is 289 g/mol. The van der Waals surface area contributed by atoms with E-state index in [1.807, 2.05) is 0 Å². The number of piperidine rings is 1. The summed E-state index contributed by atoms with van der Waals surface area (Å²) in [7, 11) is 0. The summed E-state index contributed by atoms with van der Waals surface area (Å²) in [5, 5.41) is 20.5. The molecule has 3 heterocycles. The zero-order valence-electron chi connectivity index (χ0n) is 11.4. The molecule has 1 aromatic rings. The summed E-state index contributed by atoms with van der Waals surface area (Å²) in [6.45, 7) is 0. The maximum Gasteiger partial charge on any atom is 0.130 e. The smallest absolute Gasteiger partial charge is 0.130 e. The number of nitrogens with two attached hydrogens (primary N) is 1. The quantitative estimate of drug-likeness (QED) is 0.877. The summed E-state index contributed by atoms with van der Waals surface area (Å²) in [5.74, 6) is 0.564. The number of hydrogen-bond donors (Lipinski definition) is 2. The molecule has 3 fully saturated rings. The number of aliphatic hydroxyl groups excluding tert-OH is 1. The summed E-state index contributed by atoms with van der Waals surface area (Å²) in [6, 6.07) is 3.13. The third kappa shape index (κ3) is 1.75. The SMILES string of the molecule is N#Cc1sc(N2C3CCC2CC(O)C3)c(C2CC2)c1N. The third-order valence-corrected chi connectivity index (χ3v) is 6.13. The summed E-state index contributed by atoms with van der Waals surface area (Å²) >= 11 is 1.57. The Labute approximate surface area is 122 Å². The van der Waals surface area contributed by atoms with Crippen molar-refractivity contribution in [2.75, 3.05) is 10.6 Å². The molecule has 2 atom stereocenters. The van der Waals surface area contributed by atoms with Gasteiger partial charge in [-0.15, -0.1) is 11.3 Å². The van der Waals surface area contributed by atoms with Gasteiger partial charge in [0.15, 0.2) is 0 Å². The molecule has 4 rings (SSSR count). The first-order valence-electron chi connectivity index (χ1n) is 7.47. The fraction of sp³-hybridized carbons (Fsp3) is 0.667. The van der Waals surface area contributed by atoms with E-state index >= 15 is 0 Å². The van der Waals surface area contributed by atoms with Crippen molar-refractivity contribution in [3.05, 3.63) is 10.4 Å². The van der Waals surface area contributed by atoms with E-state index < -0.39 is 0 Å². The number of nitriles is 1. The van der Waals surface area contributed by atoms with E-state index in [4.69, 9.17) is 5.73 Å². The van der Waals surface area contributed by atoms with Gasteiger partial charge in [-0.3, -0.25) is 0 Å². The predicted molar refractivity (Wildman–Crippen MR) is 80.0 cm³/mol. The van der Waals surface area contributed by atoms with E-state index in [0.717, 1.165) is 31.4 Å². The number of anilines is 2. The summed E-state index contributed by atoms with van der Waals surface area (Å²) in [4.78, 5) is 3.16. The Balaban J connectivity index is 1.77. The van der Waals surface area contributed by atoms with Gasteiger partial charge < -0.3 is 15.7 Å². The van der Waals surface area contributed by atoms with E-state index in [1.165, 1.54) is 23.4 Å². The van der Waals surface area contributed by atoms with Gasteiger partial charge in [-0.25, -0.2) is 0 Å². The first-order valence-corrected chi connectivity index (χ1v) is 8.29. The first kappa shape index (κ1) is 12.5. The van der Waals surface area contributed by atoms with Crippen LogP contribution in [0.2, 0.25) is 0 Å². The monoisotopic (exact) mass is 289 g/mol. The lowest BCUT2D eigenvalue weighted by Crippen LogP contribution is -2.44. The Hall–Kier alpha value is -1.25. The highest BCUT2D eigenvalue weighted by molar-refractivity contribution is 7.17. The second-order valence-electron chi connectivity index (χ2n) is 6.37. The number of thiophene rings is 1. The van der Waals surface area contributed by atoms with Crippen LogP contribution < -0.4 is 10.6 Å². The molecule has 0 aromatic carbocycles. The second kappa shape index (κ2) is 4.37. The minimum absolute atomic E-state index is 0.152. The van der Waals surface area contributed by atoms with Gasteiger partial charge in [0.1, 0.15) is 10.9 Å². The Bertz CT molecular complexity index is 573. The van der Waals surface area contributed by atoms with Gasteiger partial charge >= 0.3 is 0 Å². The van der Waals surface area contributed by atoms with Gasteiger partial charge in [-0.2, -0.15) is 5.26 Å². The van der Waals surface area contributed by atoms with E-state index in [1.54, 1.807) is 11.3 Å². The van der Waals surface area contributed by atoms with Crippen molar-refractivity contribution < 1.29 is 5.11 Å². The van der Waals surface area contributed by atoms with Gasteiger partial charge in [0.25, 0.3) is 0 Å². The molecule has 20 heavy (non-hydrogen) atoms. The highest BCUT2D eigenvalue weighted by Gasteiger charge is 2.44. The summed E-state index contributed by atoms with van der Waals surface area (Å²) in [5.41, 5.74) is 8.17. The first-order chi connectivity index (χ1) is 9.69. The molecule has 1 saturated carbocycles. The Morgan fingerprint density at radius 1 is 1.20 bits per heavy atom. The lowest BCUT2D eigenvalue weighted by Gasteiger charge is -2.38. The zero-order valence-corrected chi connectivity index (χ0v) is 12.2. The molecule has 3 aliphatic rings. The molecule has 1 aromatic heterocycles. The number of nitrogen functional groups attached to an aromatic ring is 1. The van der Waals surface area contributed by atoms with E-state index in [2.05, 4.69) is 11.0 Å². The molecule has 0 radical (unpaired) electrons. The number of fused-ring (bicyclic) bond motifs is 2. The molecule has 2 aliphatic heterocycles. The van der Waals surface area contributed by atoms with Crippen LogP contribution in [0.3, 0.4) is 0 Å². The molecule has 1 aliphatic carbocycles. The normalized spacial score (nSPS) is 32.4. The fourth-order valence-electron chi connectivity index (χ4n) is 3.97. The van der Waals surface area contributed by atoms with Gasteiger partial charge in [0.05, 0.1) is 16.8 Å². The van der Waals surface area contributed by atoms with E-state index in [-0.39, 0.29) is 6.10 Å². The Morgan fingerprint density at radius 2 is 1.85 bits per heavy atom. The van der Waals surface area contributed by atoms with Gasteiger partial charge in [0.2, 0.25) is 0 Å². The van der Waals surface area contributed by atoms with Crippen LogP contribution in [0.1, 0.15) is 54.9 Å². The number of aliphatic hydroxyl groups is 1. The molecule has 106 valence electrons. The van der Waals surface area contributed by atoms with E-state index in [9.17, 15) is 10.4 Å². The van der Waals surface area contributed by atoms with Crippen LogP contribution in [0.5, 0.6) is 0 Å². The van der Waals surface area contributed by atoms with Gasteiger partial charge in [-0.1, -0.05) is 0 Å². The van der Waals surface area contributed by atoms with Crippen molar-refractivity contribution in [3.8, 4) is 6.07 Å².